The number of halogens is 1. The van der Waals surface area contributed by atoms with Gasteiger partial charge in [-0.1, -0.05) is 6.07 Å². The van der Waals surface area contributed by atoms with Gasteiger partial charge in [0.25, 0.3) is 5.91 Å². The van der Waals surface area contributed by atoms with Crippen LogP contribution in [0.5, 0.6) is 5.75 Å². The third-order valence-electron chi connectivity index (χ3n) is 3.49. The number of fused-ring (bicyclic) bond motifs is 1. The van der Waals surface area contributed by atoms with Crippen molar-refractivity contribution >= 4 is 17.3 Å². The van der Waals surface area contributed by atoms with Crippen molar-refractivity contribution in [3.63, 3.8) is 0 Å². The van der Waals surface area contributed by atoms with E-state index < -0.39 is 0 Å². The summed E-state index contributed by atoms with van der Waals surface area (Å²) in [5, 5.41) is 0. The van der Waals surface area contributed by atoms with E-state index in [0.29, 0.717) is 23.7 Å². The van der Waals surface area contributed by atoms with Crippen molar-refractivity contribution < 1.29 is 13.9 Å². The van der Waals surface area contributed by atoms with E-state index in [-0.39, 0.29) is 18.3 Å². The molecule has 2 N–H and O–H groups in total. The van der Waals surface area contributed by atoms with Gasteiger partial charge in [-0.15, -0.1) is 0 Å². The van der Waals surface area contributed by atoms with Crippen molar-refractivity contribution in [1.29, 1.82) is 0 Å². The average Bonchev–Trinajstić information content (AvgIpc) is 2.89. The van der Waals surface area contributed by atoms with E-state index in [4.69, 9.17) is 10.5 Å². The molecule has 1 aliphatic heterocycles. The number of nitrogen functional groups attached to an aromatic ring is 1. The zero-order valence-electron chi connectivity index (χ0n) is 11.4. The number of nitrogens with zero attached hydrogens (tertiary/aromatic N) is 1. The Morgan fingerprint density at radius 2 is 2.00 bits per heavy atom. The Balaban J connectivity index is 1.67. The van der Waals surface area contributed by atoms with Crippen LogP contribution in [0.3, 0.4) is 0 Å². The molecule has 1 amide bonds. The molecular weight excluding hydrogens is 271 g/mol. The lowest BCUT2D eigenvalue weighted by Crippen LogP contribution is -2.33. The van der Waals surface area contributed by atoms with Gasteiger partial charge in [0, 0.05) is 17.9 Å². The molecule has 0 atom stereocenters. The molecule has 0 saturated heterocycles. The molecule has 0 unspecified atom stereocenters. The van der Waals surface area contributed by atoms with Crippen LogP contribution in [0.1, 0.15) is 5.56 Å². The Hall–Kier alpha value is -2.56. The maximum absolute atomic E-state index is 13.3. The average molecular weight is 286 g/mol. The molecule has 3 rings (SSSR count). The van der Waals surface area contributed by atoms with Crippen molar-refractivity contribution in [2.45, 2.75) is 6.42 Å². The minimum Gasteiger partial charge on any atom is -0.484 e. The standard InChI is InChI=1S/C16H15FN2O2/c17-12-2-1-11-7-8-19(15(11)9-12)16(20)10-21-14-5-3-13(18)4-6-14/h1-6,9H,7-8,10,18H2. The number of ether oxygens (including phenoxy) is 1. The zero-order chi connectivity index (χ0) is 14.8. The molecular formula is C16H15FN2O2. The van der Waals surface area contributed by atoms with Crippen LogP contribution in [-0.4, -0.2) is 19.1 Å². The predicted octanol–water partition coefficient (Wildman–Crippen LogP) is 2.38. The number of carbonyl (C=O) groups excluding carboxylic acids is 1. The van der Waals surface area contributed by atoms with Crippen molar-refractivity contribution in [3.05, 3.63) is 53.8 Å². The first kappa shape index (κ1) is 13.4. The third kappa shape index (κ3) is 2.81. The van der Waals surface area contributed by atoms with E-state index in [0.717, 1.165) is 12.0 Å². The lowest BCUT2D eigenvalue weighted by Gasteiger charge is -2.17. The van der Waals surface area contributed by atoms with Crippen LogP contribution in [0.15, 0.2) is 42.5 Å². The zero-order valence-corrected chi connectivity index (χ0v) is 11.4. The largest absolute Gasteiger partial charge is 0.484 e. The monoisotopic (exact) mass is 286 g/mol. The van der Waals surface area contributed by atoms with Crippen molar-refractivity contribution in [1.82, 2.24) is 0 Å². The SMILES string of the molecule is Nc1ccc(OCC(=O)N2CCc3ccc(F)cc32)cc1. The Morgan fingerprint density at radius 1 is 1.24 bits per heavy atom. The first-order chi connectivity index (χ1) is 10.1. The summed E-state index contributed by atoms with van der Waals surface area (Å²) in [6.07, 6.45) is 0.739. The molecule has 0 aromatic heterocycles. The van der Waals surface area contributed by atoms with E-state index in [1.807, 2.05) is 0 Å². The van der Waals surface area contributed by atoms with Gasteiger partial charge < -0.3 is 15.4 Å². The fourth-order valence-electron chi connectivity index (χ4n) is 2.40. The predicted molar refractivity (Wildman–Crippen MR) is 78.8 cm³/mol. The molecule has 0 fully saturated rings. The molecule has 0 radical (unpaired) electrons. The fraction of sp³-hybridized carbons (Fsp3) is 0.188. The Bertz CT molecular complexity index is 670. The summed E-state index contributed by atoms with van der Waals surface area (Å²) in [7, 11) is 0. The first-order valence-electron chi connectivity index (χ1n) is 6.70. The lowest BCUT2D eigenvalue weighted by atomic mass is 10.2. The molecule has 108 valence electrons. The quantitative estimate of drug-likeness (QED) is 0.881. The molecule has 2 aromatic rings. The molecule has 0 aliphatic carbocycles. The van der Waals surface area contributed by atoms with Gasteiger partial charge in [0.2, 0.25) is 0 Å². The van der Waals surface area contributed by atoms with Crippen LogP contribution in [0.4, 0.5) is 15.8 Å². The Morgan fingerprint density at radius 3 is 2.76 bits per heavy atom. The number of rotatable bonds is 3. The van der Waals surface area contributed by atoms with Gasteiger partial charge in [0.05, 0.1) is 0 Å². The highest BCUT2D eigenvalue weighted by Gasteiger charge is 2.25. The number of carbonyl (C=O) groups is 1. The first-order valence-corrected chi connectivity index (χ1v) is 6.70. The van der Waals surface area contributed by atoms with Crippen LogP contribution in [0.2, 0.25) is 0 Å². The summed E-state index contributed by atoms with van der Waals surface area (Å²) >= 11 is 0. The van der Waals surface area contributed by atoms with E-state index in [1.165, 1.54) is 12.1 Å². The number of hydrogen-bond acceptors (Lipinski definition) is 3. The second-order valence-electron chi connectivity index (χ2n) is 4.93. The minimum atomic E-state index is -0.340. The maximum atomic E-state index is 13.3. The molecule has 21 heavy (non-hydrogen) atoms. The molecule has 1 aliphatic rings. The van der Waals surface area contributed by atoms with Crippen molar-refractivity contribution in [2.24, 2.45) is 0 Å². The lowest BCUT2D eigenvalue weighted by molar-refractivity contribution is -0.120. The van der Waals surface area contributed by atoms with Gasteiger partial charge in [0.1, 0.15) is 11.6 Å². The number of hydrogen-bond donors (Lipinski definition) is 1. The fourth-order valence-corrected chi connectivity index (χ4v) is 2.40. The number of nitrogens with two attached hydrogens (primary N) is 1. The number of amides is 1. The summed E-state index contributed by atoms with van der Waals surface area (Å²) in [6.45, 7) is 0.475. The second-order valence-corrected chi connectivity index (χ2v) is 4.93. The number of anilines is 2. The maximum Gasteiger partial charge on any atom is 0.264 e. The third-order valence-corrected chi connectivity index (χ3v) is 3.49. The van der Waals surface area contributed by atoms with Crippen LogP contribution < -0.4 is 15.4 Å². The topological polar surface area (TPSA) is 55.6 Å². The smallest absolute Gasteiger partial charge is 0.264 e. The summed E-state index contributed by atoms with van der Waals surface area (Å²) in [5.41, 5.74) is 7.84. The highest BCUT2D eigenvalue weighted by molar-refractivity contribution is 5.96. The molecule has 4 nitrogen and oxygen atoms in total. The van der Waals surface area contributed by atoms with E-state index in [2.05, 4.69) is 0 Å². The molecule has 0 bridgehead atoms. The number of benzene rings is 2. The van der Waals surface area contributed by atoms with Gasteiger partial charge in [-0.3, -0.25) is 4.79 Å². The summed E-state index contributed by atoms with van der Waals surface area (Å²) < 4.78 is 18.7. The molecule has 1 heterocycles. The van der Waals surface area contributed by atoms with Crippen LogP contribution >= 0.6 is 0 Å². The van der Waals surface area contributed by atoms with Gasteiger partial charge in [0.15, 0.2) is 6.61 Å². The summed E-state index contributed by atoms with van der Waals surface area (Å²) in [4.78, 5) is 13.8. The van der Waals surface area contributed by atoms with E-state index >= 15 is 0 Å². The summed E-state index contributed by atoms with van der Waals surface area (Å²) in [6, 6.07) is 11.4. The van der Waals surface area contributed by atoms with Gasteiger partial charge in [-0.05, 0) is 48.4 Å². The molecule has 5 heteroatoms. The second kappa shape index (κ2) is 5.44. The minimum absolute atomic E-state index is 0.0835. The van der Waals surface area contributed by atoms with E-state index in [1.54, 1.807) is 35.2 Å². The van der Waals surface area contributed by atoms with Gasteiger partial charge >= 0.3 is 0 Å². The highest BCUT2D eigenvalue weighted by atomic mass is 19.1. The van der Waals surface area contributed by atoms with E-state index in [9.17, 15) is 9.18 Å². The van der Waals surface area contributed by atoms with Crippen molar-refractivity contribution in [3.8, 4) is 5.75 Å². The van der Waals surface area contributed by atoms with Gasteiger partial charge in [-0.25, -0.2) is 4.39 Å². The van der Waals surface area contributed by atoms with Crippen molar-refractivity contribution in [2.75, 3.05) is 23.8 Å². The summed E-state index contributed by atoms with van der Waals surface area (Å²) in [5.74, 6) is 0.0558. The molecule has 0 spiro atoms. The highest BCUT2D eigenvalue weighted by Crippen LogP contribution is 2.28. The normalized spacial score (nSPS) is 13.1. The van der Waals surface area contributed by atoms with Crippen LogP contribution in [0, 0.1) is 5.82 Å². The molecule has 0 saturated carbocycles. The Labute approximate surface area is 121 Å². The Kier molecular flexibility index (Phi) is 3.48. The molecule has 2 aromatic carbocycles. The van der Waals surface area contributed by atoms with Crippen LogP contribution in [-0.2, 0) is 11.2 Å². The van der Waals surface area contributed by atoms with Crippen LogP contribution in [0.25, 0.3) is 0 Å². The van der Waals surface area contributed by atoms with Gasteiger partial charge in [-0.2, -0.15) is 0 Å².